The molecule has 0 saturated heterocycles. The number of nitrogens with zero attached hydrogens (tertiary/aromatic N) is 1. The maximum absolute atomic E-state index is 5.99. The summed E-state index contributed by atoms with van der Waals surface area (Å²) < 4.78 is 0. The lowest BCUT2D eigenvalue weighted by Gasteiger charge is -2.24. The molecule has 0 aromatic heterocycles. The number of rotatable bonds is 5. The molecule has 0 saturated carbocycles. The Bertz CT molecular complexity index is 672. The SMILES string of the molecule is CON=C(C)C(Cc1ccc(Cl)cc1)C1Cc2ccccc2N1. The highest BCUT2D eigenvalue weighted by Crippen LogP contribution is 2.31. The van der Waals surface area contributed by atoms with E-state index >= 15 is 0 Å². The number of para-hydroxylation sites is 1. The first-order chi connectivity index (χ1) is 11.2. The fraction of sp³-hybridized carbons (Fsp3) is 0.316. The van der Waals surface area contributed by atoms with Crippen molar-refractivity contribution in [2.75, 3.05) is 12.4 Å². The van der Waals surface area contributed by atoms with Gasteiger partial charge in [-0.25, -0.2) is 0 Å². The normalized spacial score (nSPS) is 18.2. The molecule has 2 aromatic carbocycles. The highest BCUT2D eigenvalue weighted by molar-refractivity contribution is 6.30. The maximum Gasteiger partial charge on any atom is 0.106 e. The van der Waals surface area contributed by atoms with Crippen LogP contribution in [0.25, 0.3) is 0 Å². The zero-order valence-corrected chi connectivity index (χ0v) is 14.2. The van der Waals surface area contributed by atoms with Crippen LogP contribution in [-0.4, -0.2) is 18.9 Å². The average molecular weight is 329 g/mol. The molecule has 0 bridgehead atoms. The Morgan fingerprint density at radius 3 is 2.70 bits per heavy atom. The van der Waals surface area contributed by atoms with E-state index in [0.29, 0.717) is 6.04 Å². The zero-order valence-electron chi connectivity index (χ0n) is 13.4. The van der Waals surface area contributed by atoms with Gasteiger partial charge in [0.25, 0.3) is 0 Å². The van der Waals surface area contributed by atoms with E-state index in [2.05, 4.69) is 46.9 Å². The van der Waals surface area contributed by atoms with Gasteiger partial charge < -0.3 is 10.2 Å². The second-order valence-electron chi connectivity index (χ2n) is 5.96. The number of hydrogen-bond acceptors (Lipinski definition) is 3. The largest absolute Gasteiger partial charge is 0.399 e. The summed E-state index contributed by atoms with van der Waals surface area (Å²) in [6.07, 6.45) is 1.91. The van der Waals surface area contributed by atoms with Gasteiger partial charge in [-0.15, -0.1) is 0 Å². The van der Waals surface area contributed by atoms with Gasteiger partial charge in [0.05, 0.1) is 5.71 Å². The Hall–Kier alpha value is -2.00. The summed E-state index contributed by atoms with van der Waals surface area (Å²) in [6, 6.07) is 16.8. The Morgan fingerprint density at radius 1 is 1.26 bits per heavy atom. The number of benzene rings is 2. The summed E-state index contributed by atoms with van der Waals surface area (Å²) in [5.41, 5.74) is 4.85. The molecule has 1 N–H and O–H groups in total. The molecule has 3 nitrogen and oxygen atoms in total. The molecular weight excluding hydrogens is 308 g/mol. The molecule has 4 heteroatoms. The van der Waals surface area contributed by atoms with Gasteiger partial charge in [0.2, 0.25) is 0 Å². The number of nitrogens with one attached hydrogen (secondary N) is 1. The van der Waals surface area contributed by atoms with Gasteiger partial charge in [-0.2, -0.15) is 0 Å². The smallest absolute Gasteiger partial charge is 0.106 e. The molecule has 120 valence electrons. The predicted molar refractivity (Wildman–Crippen MR) is 96.3 cm³/mol. The first kappa shape index (κ1) is 15.9. The van der Waals surface area contributed by atoms with Crippen molar-refractivity contribution < 1.29 is 4.84 Å². The molecule has 0 amide bonds. The minimum atomic E-state index is 0.267. The second-order valence-corrected chi connectivity index (χ2v) is 6.40. The molecule has 1 heterocycles. The van der Waals surface area contributed by atoms with Crippen LogP contribution in [0.2, 0.25) is 5.02 Å². The summed E-state index contributed by atoms with van der Waals surface area (Å²) in [5.74, 6) is 0.267. The van der Waals surface area contributed by atoms with E-state index in [9.17, 15) is 0 Å². The van der Waals surface area contributed by atoms with Crippen molar-refractivity contribution in [2.45, 2.75) is 25.8 Å². The zero-order chi connectivity index (χ0) is 16.2. The fourth-order valence-electron chi connectivity index (χ4n) is 3.24. The third-order valence-corrected chi connectivity index (χ3v) is 4.68. The number of anilines is 1. The third-order valence-electron chi connectivity index (χ3n) is 4.42. The molecule has 0 spiro atoms. The Morgan fingerprint density at radius 2 is 2.00 bits per heavy atom. The first-order valence-electron chi connectivity index (χ1n) is 7.84. The van der Waals surface area contributed by atoms with E-state index in [1.807, 2.05) is 19.1 Å². The van der Waals surface area contributed by atoms with Crippen LogP contribution in [0.15, 0.2) is 53.7 Å². The van der Waals surface area contributed by atoms with Gasteiger partial charge in [-0.3, -0.25) is 0 Å². The monoisotopic (exact) mass is 328 g/mol. The number of oxime groups is 1. The van der Waals surface area contributed by atoms with Gasteiger partial charge in [-0.1, -0.05) is 47.1 Å². The van der Waals surface area contributed by atoms with Crippen LogP contribution in [0.4, 0.5) is 5.69 Å². The van der Waals surface area contributed by atoms with Crippen molar-refractivity contribution in [3.63, 3.8) is 0 Å². The highest BCUT2D eigenvalue weighted by Gasteiger charge is 2.30. The molecule has 23 heavy (non-hydrogen) atoms. The minimum absolute atomic E-state index is 0.267. The van der Waals surface area contributed by atoms with Crippen molar-refractivity contribution in [2.24, 2.45) is 11.1 Å². The van der Waals surface area contributed by atoms with E-state index < -0.39 is 0 Å². The van der Waals surface area contributed by atoms with Crippen LogP contribution in [-0.2, 0) is 17.7 Å². The molecule has 0 radical (unpaired) electrons. The number of hydrogen-bond donors (Lipinski definition) is 1. The summed E-state index contributed by atoms with van der Waals surface area (Å²) >= 11 is 5.99. The summed E-state index contributed by atoms with van der Waals surface area (Å²) in [6.45, 7) is 2.04. The molecule has 1 aliphatic rings. The second kappa shape index (κ2) is 7.05. The van der Waals surface area contributed by atoms with Gasteiger partial charge in [0, 0.05) is 22.7 Å². The van der Waals surface area contributed by atoms with Crippen LogP contribution < -0.4 is 5.32 Å². The number of halogens is 1. The lowest BCUT2D eigenvalue weighted by molar-refractivity contribution is 0.210. The van der Waals surface area contributed by atoms with Gasteiger partial charge in [0.15, 0.2) is 0 Å². The first-order valence-corrected chi connectivity index (χ1v) is 8.21. The Balaban J connectivity index is 1.82. The van der Waals surface area contributed by atoms with Gasteiger partial charge >= 0.3 is 0 Å². The molecular formula is C19H21ClN2O. The quantitative estimate of drug-likeness (QED) is 0.645. The molecule has 1 aliphatic heterocycles. The number of fused-ring (bicyclic) bond motifs is 1. The molecule has 0 aliphatic carbocycles. The van der Waals surface area contributed by atoms with Crippen molar-refractivity contribution in [3.8, 4) is 0 Å². The molecule has 3 rings (SSSR count). The van der Waals surface area contributed by atoms with Crippen LogP contribution in [0.3, 0.4) is 0 Å². The third kappa shape index (κ3) is 3.67. The highest BCUT2D eigenvalue weighted by atomic mass is 35.5. The van der Waals surface area contributed by atoms with Crippen molar-refractivity contribution in [3.05, 3.63) is 64.7 Å². The summed E-state index contributed by atoms with van der Waals surface area (Å²) in [5, 5.41) is 8.60. The lowest BCUT2D eigenvalue weighted by atomic mass is 9.87. The van der Waals surface area contributed by atoms with Crippen LogP contribution in [0.1, 0.15) is 18.1 Å². The predicted octanol–water partition coefficient (Wildman–Crippen LogP) is 4.56. The van der Waals surface area contributed by atoms with Crippen LogP contribution in [0.5, 0.6) is 0 Å². The van der Waals surface area contributed by atoms with E-state index in [1.54, 1.807) is 7.11 Å². The Labute approximate surface area is 142 Å². The molecule has 2 atom stereocenters. The van der Waals surface area contributed by atoms with E-state index in [-0.39, 0.29) is 5.92 Å². The molecule has 0 fully saturated rings. The average Bonchev–Trinajstić information content (AvgIpc) is 2.98. The summed E-state index contributed by atoms with van der Waals surface area (Å²) in [4.78, 5) is 5.02. The summed E-state index contributed by atoms with van der Waals surface area (Å²) in [7, 11) is 1.60. The van der Waals surface area contributed by atoms with Gasteiger partial charge in [-0.05, 0) is 49.1 Å². The van der Waals surface area contributed by atoms with E-state index in [4.69, 9.17) is 16.4 Å². The van der Waals surface area contributed by atoms with Crippen molar-refractivity contribution in [1.82, 2.24) is 0 Å². The van der Waals surface area contributed by atoms with Crippen LogP contribution >= 0.6 is 11.6 Å². The minimum Gasteiger partial charge on any atom is -0.399 e. The van der Waals surface area contributed by atoms with E-state index in [0.717, 1.165) is 23.6 Å². The molecule has 2 aromatic rings. The van der Waals surface area contributed by atoms with Crippen molar-refractivity contribution >= 4 is 23.0 Å². The molecule has 2 unspecified atom stereocenters. The lowest BCUT2D eigenvalue weighted by Crippen LogP contribution is -2.33. The van der Waals surface area contributed by atoms with E-state index in [1.165, 1.54) is 16.8 Å². The van der Waals surface area contributed by atoms with Gasteiger partial charge in [0.1, 0.15) is 7.11 Å². The standard InChI is InChI=1S/C19H21ClN2O/c1-13(22-23-2)17(11-14-7-9-16(20)10-8-14)19-12-15-5-3-4-6-18(15)21-19/h3-10,17,19,21H,11-12H2,1-2H3. The van der Waals surface area contributed by atoms with Crippen molar-refractivity contribution in [1.29, 1.82) is 0 Å². The fourth-order valence-corrected chi connectivity index (χ4v) is 3.36. The maximum atomic E-state index is 5.99. The van der Waals surface area contributed by atoms with Crippen LogP contribution in [0, 0.1) is 5.92 Å². The Kier molecular flexibility index (Phi) is 4.87. The topological polar surface area (TPSA) is 33.6 Å².